The second-order valence-corrected chi connectivity index (χ2v) is 5.75. The number of fused-ring (bicyclic) bond motifs is 2. The lowest BCUT2D eigenvalue weighted by Gasteiger charge is -2.13. The molecule has 0 saturated carbocycles. The van der Waals surface area contributed by atoms with Crippen LogP contribution in [-0.4, -0.2) is 27.8 Å². The van der Waals surface area contributed by atoms with Gasteiger partial charge in [0.2, 0.25) is 0 Å². The molecule has 122 valence electrons. The van der Waals surface area contributed by atoms with E-state index in [2.05, 4.69) is 4.98 Å². The number of halogens is 1. The third-order valence-electron chi connectivity index (χ3n) is 3.80. The summed E-state index contributed by atoms with van der Waals surface area (Å²) in [6.07, 6.45) is 0. The van der Waals surface area contributed by atoms with E-state index in [4.69, 9.17) is 16.4 Å². The number of benzene rings is 2. The predicted octanol–water partition coefficient (Wildman–Crippen LogP) is 3.26. The van der Waals surface area contributed by atoms with Crippen molar-refractivity contribution in [1.82, 2.24) is 10.0 Å². The van der Waals surface area contributed by atoms with Gasteiger partial charge in [-0.15, -0.1) is 0 Å². The molecule has 0 fully saturated rings. The summed E-state index contributed by atoms with van der Waals surface area (Å²) in [5.74, 6) is -2.39. The molecule has 1 aromatic heterocycles. The van der Waals surface area contributed by atoms with Crippen LogP contribution in [0.2, 0.25) is 5.02 Å². The number of hydrogen-bond donors (Lipinski definition) is 0. The van der Waals surface area contributed by atoms with E-state index in [1.165, 1.54) is 12.1 Å². The number of aromatic nitrogens is 1. The van der Waals surface area contributed by atoms with Crippen LogP contribution < -0.4 is 0 Å². The van der Waals surface area contributed by atoms with Gasteiger partial charge in [-0.1, -0.05) is 47.0 Å². The molecule has 4 rings (SSSR count). The molecular formula is C18H9ClN2O4. The van der Waals surface area contributed by atoms with Gasteiger partial charge < -0.3 is 4.84 Å². The average Bonchev–Trinajstić information content (AvgIpc) is 2.86. The Morgan fingerprint density at radius 2 is 1.56 bits per heavy atom. The van der Waals surface area contributed by atoms with Crippen molar-refractivity contribution in [2.45, 2.75) is 0 Å². The van der Waals surface area contributed by atoms with Crippen molar-refractivity contribution in [1.29, 1.82) is 0 Å². The van der Waals surface area contributed by atoms with Crippen LogP contribution >= 0.6 is 11.6 Å². The molecule has 0 radical (unpaired) electrons. The standard InChI is InChI=1S/C18H9ClN2O4/c19-13-9-10-5-1-4-8-14(10)20-15(13)18(24)25-21-16(22)11-6-2-3-7-12(11)17(21)23/h1-9H. The van der Waals surface area contributed by atoms with Crippen LogP contribution in [0.1, 0.15) is 31.2 Å². The van der Waals surface area contributed by atoms with E-state index in [0.29, 0.717) is 10.6 Å². The maximum Gasteiger partial charge on any atom is 0.383 e. The SMILES string of the molecule is O=C(ON1C(=O)c2ccccc2C1=O)c1nc2ccccc2cc1Cl. The number of carbonyl (C=O) groups is 3. The third-order valence-corrected chi connectivity index (χ3v) is 4.09. The van der Waals surface area contributed by atoms with Crippen LogP contribution in [0.15, 0.2) is 54.6 Å². The number of hydrogen-bond acceptors (Lipinski definition) is 5. The van der Waals surface area contributed by atoms with E-state index < -0.39 is 17.8 Å². The first-order valence-electron chi connectivity index (χ1n) is 7.31. The van der Waals surface area contributed by atoms with E-state index >= 15 is 0 Å². The van der Waals surface area contributed by atoms with Crippen molar-refractivity contribution in [3.63, 3.8) is 0 Å². The fourth-order valence-corrected chi connectivity index (χ4v) is 2.85. The maximum atomic E-state index is 12.4. The van der Waals surface area contributed by atoms with Gasteiger partial charge in [0.1, 0.15) is 0 Å². The average molecular weight is 353 g/mol. The van der Waals surface area contributed by atoms with Crippen LogP contribution in [-0.2, 0) is 4.84 Å². The maximum absolute atomic E-state index is 12.4. The molecule has 2 aromatic carbocycles. The van der Waals surface area contributed by atoms with Gasteiger partial charge in [-0.3, -0.25) is 9.59 Å². The Kier molecular flexibility index (Phi) is 3.47. The monoisotopic (exact) mass is 352 g/mol. The quantitative estimate of drug-likeness (QED) is 0.662. The number of carbonyl (C=O) groups excluding carboxylic acids is 3. The molecule has 2 heterocycles. The number of nitrogens with zero attached hydrogens (tertiary/aromatic N) is 2. The fraction of sp³-hybridized carbons (Fsp3) is 0. The van der Waals surface area contributed by atoms with Gasteiger partial charge in [0, 0.05) is 5.39 Å². The first-order chi connectivity index (χ1) is 12.1. The minimum Gasteiger partial charge on any atom is -0.322 e. The van der Waals surface area contributed by atoms with Gasteiger partial charge in [0.25, 0.3) is 11.8 Å². The zero-order valence-corrected chi connectivity index (χ0v) is 13.4. The molecule has 0 unspecified atom stereocenters. The van der Waals surface area contributed by atoms with Gasteiger partial charge in [-0.25, -0.2) is 9.78 Å². The summed E-state index contributed by atoms with van der Waals surface area (Å²) < 4.78 is 0. The number of para-hydroxylation sites is 1. The van der Waals surface area contributed by atoms with Crippen LogP contribution in [0.5, 0.6) is 0 Å². The highest BCUT2D eigenvalue weighted by Crippen LogP contribution is 2.25. The minimum absolute atomic E-state index is 0.0697. The second-order valence-electron chi connectivity index (χ2n) is 5.34. The molecule has 0 aliphatic carbocycles. The van der Waals surface area contributed by atoms with Crippen LogP contribution in [0.25, 0.3) is 10.9 Å². The summed E-state index contributed by atoms with van der Waals surface area (Å²) in [5, 5.41) is 1.25. The third kappa shape index (κ3) is 2.43. The van der Waals surface area contributed by atoms with E-state index in [-0.39, 0.29) is 21.8 Å². The van der Waals surface area contributed by atoms with Crippen molar-refractivity contribution in [3.05, 3.63) is 76.4 Å². The lowest BCUT2D eigenvalue weighted by molar-refractivity contribution is -0.0588. The predicted molar refractivity (Wildman–Crippen MR) is 89.1 cm³/mol. The Balaban J connectivity index is 1.66. The minimum atomic E-state index is -0.981. The molecule has 6 nitrogen and oxygen atoms in total. The van der Waals surface area contributed by atoms with E-state index in [0.717, 1.165) is 5.39 Å². The van der Waals surface area contributed by atoms with Crippen LogP contribution in [0, 0.1) is 0 Å². The Bertz CT molecular complexity index is 1030. The highest BCUT2D eigenvalue weighted by Gasteiger charge is 2.39. The molecule has 0 spiro atoms. The largest absolute Gasteiger partial charge is 0.383 e. The zero-order valence-electron chi connectivity index (χ0n) is 12.6. The zero-order chi connectivity index (χ0) is 17.6. The number of imide groups is 1. The van der Waals surface area contributed by atoms with Crippen molar-refractivity contribution in [2.24, 2.45) is 0 Å². The van der Waals surface area contributed by atoms with E-state index in [9.17, 15) is 14.4 Å². The summed E-state index contributed by atoms with van der Waals surface area (Å²) in [7, 11) is 0. The Labute approximate surface area is 146 Å². The van der Waals surface area contributed by atoms with Crippen molar-refractivity contribution < 1.29 is 19.2 Å². The first kappa shape index (κ1) is 15.3. The molecule has 0 N–H and O–H groups in total. The van der Waals surface area contributed by atoms with E-state index in [1.54, 1.807) is 36.4 Å². The molecule has 1 aliphatic heterocycles. The molecule has 3 aromatic rings. The molecule has 7 heteroatoms. The summed E-state index contributed by atoms with van der Waals surface area (Å²) in [4.78, 5) is 46.0. The smallest absolute Gasteiger partial charge is 0.322 e. The second kappa shape index (κ2) is 5.68. The number of amides is 2. The van der Waals surface area contributed by atoms with Gasteiger partial charge >= 0.3 is 5.97 Å². The molecule has 2 amide bonds. The first-order valence-corrected chi connectivity index (χ1v) is 7.69. The lowest BCUT2D eigenvalue weighted by Crippen LogP contribution is -2.33. The number of rotatable bonds is 2. The Morgan fingerprint density at radius 1 is 0.960 bits per heavy atom. The van der Waals surface area contributed by atoms with Gasteiger partial charge in [-0.05, 0) is 24.3 Å². The van der Waals surface area contributed by atoms with E-state index in [1.807, 2.05) is 6.07 Å². The topological polar surface area (TPSA) is 76.6 Å². The molecule has 25 heavy (non-hydrogen) atoms. The highest BCUT2D eigenvalue weighted by atomic mass is 35.5. The normalized spacial score (nSPS) is 13.2. The van der Waals surface area contributed by atoms with Crippen molar-refractivity contribution in [2.75, 3.05) is 0 Å². The van der Waals surface area contributed by atoms with Crippen molar-refractivity contribution >= 4 is 40.3 Å². The highest BCUT2D eigenvalue weighted by molar-refractivity contribution is 6.34. The number of pyridine rings is 1. The summed E-state index contributed by atoms with van der Waals surface area (Å²) in [6, 6.07) is 14.9. The van der Waals surface area contributed by atoms with Gasteiger partial charge in [-0.2, -0.15) is 0 Å². The Hall–Kier alpha value is -3.25. The van der Waals surface area contributed by atoms with Crippen LogP contribution in [0.4, 0.5) is 0 Å². The molecule has 0 saturated heterocycles. The lowest BCUT2D eigenvalue weighted by atomic mass is 10.1. The Morgan fingerprint density at radius 3 is 2.24 bits per heavy atom. The summed E-state index contributed by atoms with van der Waals surface area (Å²) in [6.45, 7) is 0. The molecule has 0 bridgehead atoms. The number of hydroxylamine groups is 2. The molecule has 0 atom stereocenters. The fourth-order valence-electron chi connectivity index (χ4n) is 2.61. The molecular weight excluding hydrogens is 344 g/mol. The summed E-state index contributed by atoms with van der Waals surface area (Å²) >= 11 is 6.09. The summed E-state index contributed by atoms with van der Waals surface area (Å²) in [5.41, 5.74) is 0.730. The van der Waals surface area contributed by atoms with Crippen LogP contribution in [0.3, 0.4) is 0 Å². The van der Waals surface area contributed by atoms with Crippen molar-refractivity contribution in [3.8, 4) is 0 Å². The van der Waals surface area contributed by atoms with Gasteiger partial charge in [0.15, 0.2) is 5.69 Å². The van der Waals surface area contributed by atoms with Gasteiger partial charge in [0.05, 0.1) is 21.7 Å². The molecule has 1 aliphatic rings.